The number of nitrogens with zero attached hydrogens (tertiary/aromatic N) is 3. The molecule has 0 radical (unpaired) electrons. The van der Waals surface area contributed by atoms with Gasteiger partial charge in [0.15, 0.2) is 5.96 Å². The lowest BCUT2D eigenvalue weighted by Gasteiger charge is -2.31. The highest BCUT2D eigenvalue weighted by molar-refractivity contribution is 14.0. The Labute approximate surface area is 174 Å². The molecule has 1 aliphatic heterocycles. The summed E-state index contributed by atoms with van der Waals surface area (Å²) in [4.78, 5) is 13.1. The van der Waals surface area contributed by atoms with Gasteiger partial charge in [0.05, 0.1) is 6.54 Å². The molecule has 144 valence electrons. The number of hydrogen-bond acceptors (Lipinski definition) is 4. The Bertz CT molecular complexity index is 511. The standard InChI is InChI=1S/C18H33N5S.HI/c1-5-15-11-20-17(24-15)13-22-18(19-6-2)21-12-16(14(3)4)23-9-7-8-10-23;/h11,14,16H,5-10,12-13H2,1-4H3,(H2,19,21,22);1H. The normalized spacial score (nSPS) is 16.8. The van der Waals surface area contributed by atoms with E-state index in [4.69, 9.17) is 4.99 Å². The molecule has 2 rings (SSSR count). The summed E-state index contributed by atoms with van der Waals surface area (Å²) in [5.74, 6) is 1.54. The Morgan fingerprint density at radius 1 is 1.28 bits per heavy atom. The van der Waals surface area contributed by atoms with E-state index < -0.39 is 0 Å². The van der Waals surface area contributed by atoms with Crippen LogP contribution in [0.1, 0.15) is 50.4 Å². The highest BCUT2D eigenvalue weighted by Gasteiger charge is 2.24. The molecule has 5 nitrogen and oxygen atoms in total. The number of halogens is 1. The van der Waals surface area contributed by atoms with Crippen LogP contribution >= 0.6 is 35.3 Å². The fourth-order valence-corrected chi connectivity index (χ4v) is 3.92. The maximum atomic E-state index is 4.71. The summed E-state index contributed by atoms with van der Waals surface area (Å²) >= 11 is 1.76. The molecule has 1 fully saturated rings. The second-order valence-corrected chi connectivity index (χ2v) is 7.90. The van der Waals surface area contributed by atoms with Crippen molar-refractivity contribution in [1.29, 1.82) is 0 Å². The van der Waals surface area contributed by atoms with Crippen molar-refractivity contribution in [1.82, 2.24) is 20.5 Å². The third kappa shape index (κ3) is 7.38. The van der Waals surface area contributed by atoms with Crippen LogP contribution in [0.15, 0.2) is 11.2 Å². The molecule has 2 heterocycles. The van der Waals surface area contributed by atoms with Crippen LogP contribution in [0, 0.1) is 5.92 Å². The van der Waals surface area contributed by atoms with E-state index in [-0.39, 0.29) is 24.0 Å². The average molecular weight is 479 g/mol. The van der Waals surface area contributed by atoms with Crippen molar-refractivity contribution in [3.05, 3.63) is 16.1 Å². The molecule has 0 spiro atoms. The molecule has 1 unspecified atom stereocenters. The first kappa shape index (κ1) is 22.6. The minimum absolute atomic E-state index is 0. The molecule has 1 aliphatic rings. The third-order valence-electron chi connectivity index (χ3n) is 4.52. The van der Waals surface area contributed by atoms with E-state index in [1.165, 1.54) is 30.8 Å². The topological polar surface area (TPSA) is 52.6 Å². The number of likely N-dealkylation sites (tertiary alicyclic amines) is 1. The van der Waals surface area contributed by atoms with E-state index in [9.17, 15) is 0 Å². The number of aliphatic imine (C=N–C) groups is 1. The van der Waals surface area contributed by atoms with Crippen molar-refractivity contribution in [3.8, 4) is 0 Å². The molecule has 7 heteroatoms. The van der Waals surface area contributed by atoms with Gasteiger partial charge in [-0.2, -0.15) is 0 Å². The van der Waals surface area contributed by atoms with Gasteiger partial charge in [-0.3, -0.25) is 4.90 Å². The zero-order valence-electron chi connectivity index (χ0n) is 16.0. The van der Waals surface area contributed by atoms with E-state index in [1.807, 2.05) is 6.20 Å². The molecule has 25 heavy (non-hydrogen) atoms. The third-order valence-corrected chi connectivity index (χ3v) is 5.65. The predicted octanol–water partition coefficient (Wildman–Crippen LogP) is 3.50. The quantitative estimate of drug-likeness (QED) is 0.341. The molecule has 1 saturated heterocycles. The Morgan fingerprint density at radius 2 is 2.00 bits per heavy atom. The number of guanidine groups is 1. The van der Waals surface area contributed by atoms with Crippen LogP contribution in [0.2, 0.25) is 0 Å². The summed E-state index contributed by atoms with van der Waals surface area (Å²) in [6.45, 7) is 13.8. The van der Waals surface area contributed by atoms with Crippen LogP contribution in [0.25, 0.3) is 0 Å². The maximum absolute atomic E-state index is 4.71. The van der Waals surface area contributed by atoms with Crippen LogP contribution in [-0.2, 0) is 13.0 Å². The van der Waals surface area contributed by atoms with E-state index in [1.54, 1.807) is 11.3 Å². The molecule has 0 aliphatic carbocycles. The number of thiazole rings is 1. The first-order valence-corrected chi connectivity index (χ1v) is 10.2. The Kier molecular flexibility index (Phi) is 10.9. The van der Waals surface area contributed by atoms with E-state index in [2.05, 4.69) is 48.2 Å². The molecule has 0 amide bonds. The van der Waals surface area contributed by atoms with Crippen LogP contribution in [0.5, 0.6) is 0 Å². The van der Waals surface area contributed by atoms with Crippen molar-refractivity contribution in [3.63, 3.8) is 0 Å². The summed E-state index contributed by atoms with van der Waals surface area (Å²) in [6, 6.07) is 0.572. The number of aryl methyl sites for hydroxylation is 1. The highest BCUT2D eigenvalue weighted by atomic mass is 127. The number of hydrogen-bond donors (Lipinski definition) is 2. The molecule has 1 aromatic heterocycles. The first-order chi connectivity index (χ1) is 11.6. The van der Waals surface area contributed by atoms with Crippen molar-refractivity contribution in [2.75, 3.05) is 26.2 Å². The largest absolute Gasteiger partial charge is 0.357 e. The lowest BCUT2D eigenvalue weighted by Crippen LogP contribution is -2.48. The fraction of sp³-hybridized carbons (Fsp3) is 0.778. The second-order valence-electron chi connectivity index (χ2n) is 6.70. The van der Waals surface area contributed by atoms with Gasteiger partial charge >= 0.3 is 0 Å². The zero-order valence-corrected chi connectivity index (χ0v) is 19.2. The fourth-order valence-electron chi connectivity index (χ4n) is 3.13. The van der Waals surface area contributed by atoms with Gasteiger partial charge in [-0.1, -0.05) is 20.8 Å². The molecule has 2 N–H and O–H groups in total. The number of rotatable bonds is 8. The number of aromatic nitrogens is 1. The van der Waals surface area contributed by atoms with Gasteiger partial charge in [0, 0.05) is 30.2 Å². The minimum Gasteiger partial charge on any atom is -0.357 e. The van der Waals surface area contributed by atoms with Gasteiger partial charge in [0.1, 0.15) is 5.01 Å². The zero-order chi connectivity index (χ0) is 17.4. The van der Waals surface area contributed by atoms with Gasteiger partial charge in [-0.05, 0) is 45.2 Å². The summed E-state index contributed by atoms with van der Waals surface area (Å²) in [5.41, 5.74) is 0. The van der Waals surface area contributed by atoms with Crippen LogP contribution in [-0.4, -0.2) is 48.1 Å². The molecule has 1 aromatic rings. The molecule has 0 aromatic carbocycles. The highest BCUT2D eigenvalue weighted by Crippen LogP contribution is 2.17. The summed E-state index contributed by atoms with van der Waals surface area (Å²) in [6.07, 6.45) is 5.69. The van der Waals surface area contributed by atoms with Crippen LogP contribution in [0.3, 0.4) is 0 Å². The van der Waals surface area contributed by atoms with Crippen LogP contribution < -0.4 is 10.6 Å². The Morgan fingerprint density at radius 3 is 2.56 bits per heavy atom. The van der Waals surface area contributed by atoms with E-state index in [0.717, 1.165) is 30.5 Å². The second kappa shape index (κ2) is 12.1. The van der Waals surface area contributed by atoms with Crippen LogP contribution in [0.4, 0.5) is 0 Å². The maximum Gasteiger partial charge on any atom is 0.191 e. The average Bonchev–Trinajstić information content (AvgIpc) is 3.24. The summed E-state index contributed by atoms with van der Waals surface area (Å²) in [7, 11) is 0. The lowest BCUT2D eigenvalue weighted by molar-refractivity contribution is 0.192. The van der Waals surface area contributed by atoms with Gasteiger partial charge in [-0.15, -0.1) is 35.3 Å². The molecular weight excluding hydrogens is 445 g/mol. The summed E-state index contributed by atoms with van der Waals surface area (Å²) in [5, 5.41) is 7.99. The summed E-state index contributed by atoms with van der Waals surface area (Å²) < 4.78 is 0. The Hall–Kier alpha value is -0.410. The van der Waals surface area contributed by atoms with Crippen molar-refractivity contribution in [2.24, 2.45) is 10.9 Å². The molecular formula is C18H34IN5S. The first-order valence-electron chi connectivity index (χ1n) is 9.33. The van der Waals surface area contributed by atoms with E-state index >= 15 is 0 Å². The predicted molar refractivity (Wildman–Crippen MR) is 119 cm³/mol. The van der Waals surface area contributed by atoms with Crippen molar-refractivity contribution >= 4 is 41.3 Å². The SMILES string of the molecule is CCNC(=NCc1ncc(CC)s1)NCC(C(C)C)N1CCCC1.I. The van der Waals surface area contributed by atoms with Gasteiger partial charge in [0.2, 0.25) is 0 Å². The minimum atomic E-state index is 0. The monoisotopic (exact) mass is 479 g/mol. The smallest absolute Gasteiger partial charge is 0.191 e. The van der Waals surface area contributed by atoms with Gasteiger partial charge in [0.25, 0.3) is 0 Å². The van der Waals surface area contributed by atoms with Crippen molar-refractivity contribution < 1.29 is 0 Å². The molecule has 0 bridgehead atoms. The lowest BCUT2D eigenvalue weighted by atomic mass is 10.0. The molecule has 1 atom stereocenters. The van der Waals surface area contributed by atoms with Crippen molar-refractivity contribution in [2.45, 2.75) is 59.5 Å². The Balaban J connectivity index is 0.00000312. The molecule has 0 saturated carbocycles. The number of nitrogens with one attached hydrogen (secondary N) is 2. The van der Waals surface area contributed by atoms with Gasteiger partial charge in [-0.25, -0.2) is 9.98 Å². The van der Waals surface area contributed by atoms with Gasteiger partial charge < -0.3 is 10.6 Å². The van der Waals surface area contributed by atoms with E-state index in [0.29, 0.717) is 18.5 Å².